The highest BCUT2D eigenvalue weighted by Gasteiger charge is 2.18. The number of benzene rings is 2. The number of ether oxygens (including phenoxy) is 2. The van der Waals surface area contributed by atoms with Gasteiger partial charge < -0.3 is 25.0 Å². The molecule has 0 spiro atoms. The van der Waals surface area contributed by atoms with Crippen LogP contribution in [0, 0.1) is 5.82 Å². The number of hydrogen-bond acceptors (Lipinski definition) is 4. The van der Waals surface area contributed by atoms with Gasteiger partial charge in [-0.15, -0.1) is 0 Å². The number of nitrogens with zero attached hydrogens (tertiary/aromatic N) is 3. The van der Waals surface area contributed by atoms with Crippen LogP contribution >= 0.6 is 0 Å². The standard InChI is InChI=1S/C24H31FN4O2/c25-21-4-6-22(7-5-21)28-10-12-29(13-11-28)24(26)27-17-19-2-1-3-20(16-19)18-31-23-8-14-30-15-9-23/h1-7,16,23H,8-15,17-18H2,(H2,26,27). The van der Waals surface area contributed by atoms with Gasteiger partial charge in [-0.3, -0.25) is 0 Å². The highest BCUT2D eigenvalue weighted by molar-refractivity contribution is 5.78. The maximum absolute atomic E-state index is 13.1. The first-order valence-electron chi connectivity index (χ1n) is 11.0. The van der Waals surface area contributed by atoms with Gasteiger partial charge in [-0.2, -0.15) is 0 Å². The lowest BCUT2D eigenvalue weighted by molar-refractivity contribution is -0.0390. The van der Waals surface area contributed by atoms with Crippen molar-refractivity contribution in [2.45, 2.75) is 32.1 Å². The van der Waals surface area contributed by atoms with Gasteiger partial charge in [0.1, 0.15) is 5.82 Å². The normalized spacial score (nSPS) is 18.4. The molecule has 2 heterocycles. The van der Waals surface area contributed by atoms with Crippen molar-refractivity contribution < 1.29 is 13.9 Å². The number of aliphatic imine (C=N–C) groups is 1. The van der Waals surface area contributed by atoms with Crippen molar-refractivity contribution in [2.24, 2.45) is 10.7 Å². The summed E-state index contributed by atoms with van der Waals surface area (Å²) in [6.07, 6.45) is 2.23. The maximum Gasteiger partial charge on any atom is 0.191 e. The molecule has 6 nitrogen and oxygen atoms in total. The molecule has 2 N–H and O–H groups in total. The molecule has 0 atom stereocenters. The molecule has 4 rings (SSSR count). The van der Waals surface area contributed by atoms with Gasteiger partial charge in [-0.1, -0.05) is 24.3 Å². The molecule has 0 unspecified atom stereocenters. The van der Waals surface area contributed by atoms with Crippen molar-refractivity contribution in [3.63, 3.8) is 0 Å². The third-order valence-electron chi connectivity index (χ3n) is 5.86. The molecule has 0 radical (unpaired) electrons. The number of anilines is 1. The molecule has 166 valence electrons. The Kier molecular flexibility index (Phi) is 7.38. The van der Waals surface area contributed by atoms with Crippen molar-refractivity contribution in [1.29, 1.82) is 0 Å². The number of rotatable bonds is 6. The lowest BCUT2D eigenvalue weighted by Crippen LogP contribution is -2.51. The average Bonchev–Trinajstić information content (AvgIpc) is 2.83. The zero-order valence-electron chi connectivity index (χ0n) is 17.9. The summed E-state index contributed by atoms with van der Waals surface area (Å²) in [5.74, 6) is 0.362. The molecule has 0 aromatic heterocycles. The first-order chi connectivity index (χ1) is 15.2. The van der Waals surface area contributed by atoms with Crippen LogP contribution in [0.25, 0.3) is 0 Å². The van der Waals surface area contributed by atoms with Crippen molar-refractivity contribution in [1.82, 2.24) is 4.90 Å². The molecule has 0 aliphatic carbocycles. The smallest absolute Gasteiger partial charge is 0.191 e. The van der Waals surface area contributed by atoms with Gasteiger partial charge >= 0.3 is 0 Å². The van der Waals surface area contributed by atoms with Gasteiger partial charge in [0.15, 0.2) is 5.96 Å². The Morgan fingerprint density at radius 2 is 1.74 bits per heavy atom. The molecule has 0 bridgehead atoms. The third-order valence-corrected chi connectivity index (χ3v) is 5.86. The SMILES string of the molecule is NC(=NCc1cccc(COC2CCOCC2)c1)N1CCN(c2ccc(F)cc2)CC1. The van der Waals surface area contributed by atoms with Crippen LogP contribution in [0.4, 0.5) is 10.1 Å². The van der Waals surface area contributed by atoms with E-state index in [2.05, 4.69) is 33.0 Å². The summed E-state index contributed by atoms with van der Waals surface area (Å²) in [7, 11) is 0. The number of piperazine rings is 1. The predicted octanol–water partition coefficient (Wildman–Crippen LogP) is 3.16. The van der Waals surface area contributed by atoms with E-state index in [1.807, 2.05) is 18.2 Å². The predicted molar refractivity (Wildman–Crippen MR) is 121 cm³/mol. The van der Waals surface area contributed by atoms with E-state index < -0.39 is 0 Å². The minimum Gasteiger partial charge on any atom is -0.381 e. The lowest BCUT2D eigenvalue weighted by Gasteiger charge is -2.36. The first kappa shape index (κ1) is 21.6. The van der Waals surface area contributed by atoms with E-state index in [4.69, 9.17) is 15.2 Å². The Hall–Kier alpha value is -2.64. The number of nitrogens with two attached hydrogens (primary N) is 1. The Labute approximate surface area is 183 Å². The second kappa shape index (κ2) is 10.6. The van der Waals surface area contributed by atoms with E-state index in [1.165, 1.54) is 12.1 Å². The van der Waals surface area contributed by atoms with Gasteiger partial charge in [0.25, 0.3) is 0 Å². The first-order valence-corrected chi connectivity index (χ1v) is 11.0. The monoisotopic (exact) mass is 426 g/mol. The summed E-state index contributed by atoms with van der Waals surface area (Å²) >= 11 is 0. The fraction of sp³-hybridized carbons (Fsp3) is 0.458. The molecule has 2 aliphatic rings. The zero-order chi connectivity index (χ0) is 21.5. The lowest BCUT2D eigenvalue weighted by atomic mass is 10.1. The molecule has 2 aromatic carbocycles. The molecule has 0 saturated carbocycles. The Bertz CT molecular complexity index is 860. The minimum atomic E-state index is -0.210. The minimum absolute atomic E-state index is 0.210. The summed E-state index contributed by atoms with van der Waals surface area (Å²) in [6, 6.07) is 15.0. The zero-order valence-corrected chi connectivity index (χ0v) is 17.9. The highest BCUT2D eigenvalue weighted by atomic mass is 19.1. The molecule has 2 saturated heterocycles. The average molecular weight is 427 g/mol. The third kappa shape index (κ3) is 6.18. The van der Waals surface area contributed by atoms with Crippen LogP contribution in [0.3, 0.4) is 0 Å². The molecule has 2 fully saturated rings. The Balaban J connectivity index is 1.26. The summed E-state index contributed by atoms with van der Waals surface area (Å²) < 4.78 is 24.5. The van der Waals surface area contributed by atoms with E-state index >= 15 is 0 Å². The van der Waals surface area contributed by atoms with Crippen molar-refractivity contribution in [3.05, 3.63) is 65.5 Å². The van der Waals surface area contributed by atoms with Crippen LogP contribution in [-0.2, 0) is 22.6 Å². The van der Waals surface area contributed by atoms with Gasteiger partial charge in [-0.25, -0.2) is 9.38 Å². The molecular weight excluding hydrogens is 395 g/mol. The van der Waals surface area contributed by atoms with Crippen LogP contribution in [0.2, 0.25) is 0 Å². The summed E-state index contributed by atoms with van der Waals surface area (Å²) in [4.78, 5) is 8.96. The Morgan fingerprint density at radius 3 is 2.48 bits per heavy atom. The number of hydrogen-bond donors (Lipinski definition) is 1. The quantitative estimate of drug-likeness (QED) is 0.568. The van der Waals surface area contributed by atoms with E-state index in [0.29, 0.717) is 25.2 Å². The van der Waals surface area contributed by atoms with Crippen LogP contribution in [-0.4, -0.2) is 56.4 Å². The Morgan fingerprint density at radius 1 is 1.03 bits per heavy atom. The fourth-order valence-electron chi connectivity index (χ4n) is 3.99. The summed E-state index contributed by atoms with van der Waals surface area (Å²) in [5.41, 5.74) is 9.59. The molecule has 7 heteroatoms. The molecule has 2 aromatic rings. The second-order valence-electron chi connectivity index (χ2n) is 8.07. The van der Waals surface area contributed by atoms with E-state index in [0.717, 1.165) is 69.0 Å². The summed E-state index contributed by atoms with van der Waals surface area (Å²) in [5, 5.41) is 0. The largest absolute Gasteiger partial charge is 0.381 e. The maximum atomic E-state index is 13.1. The topological polar surface area (TPSA) is 63.3 Å². The van der Waals surface area contributed by atoms with E-state index in [-0.39, 0.29) is 5.82 Å². The fourth-order valence-corrected chi connectivity index (χ4v) is 3.99. The van der Waals surface area contributed by atoms with Crippen molar-refractivity contribution in [3.8, 4) is 0 Å². The number of halogens is 1. The molecule has 31 heavy (non-hydrogen) atoms. The van der Waals surface area contributed by atoms with Gasteiger partial charge in [0.2, 0.25) is 0 Å². The second-order valence-corrected chi connectivity index (χ2v) is 8.07. The van der Waals surface area contributed by atoms with Crippen molar-refractivity contribution >= 4 is 11.6 Å². The number of guanidine groups is 1. The van der Waals surface area contributed by atoms with E-state index in [9.17, 15) is 4.39 Å². The highest BCUT2D eigenvalue weighted by Crippen LogP contribution is 2.17. The van der Waals surface area contributed by atoms with E-state index in [1.54, 1.807) is 0 Å². The van der Waals surface area contributed by atoms with Gasteiger partial charge in [0, 0.05) is 45.1 Å². The van der Waals surface area contributed by atoms with Crippen molar-refractivity contribution in [2.75, 3.05) is 44.3 Å². The van der Waals surface area contributed by atoms with Crippen LogP contribution in [0.15, 0.2) is 53.5 Å². The van der Waals surface area contributed by atoms with Gasteiger partial charge in [0.05, 0.1) is 19.3 Å². The molecule has 2 aliphatic heterocycles. The van der Waals surface area contributed by atoms with Crippen LogP contribution in [0.1, 0.15) is 24.0 Å². The van der Waals surface area contributed by atoms with Gasteiger partial charge in [-0.05, 0) is 48.2 Å². The summed E-state index contributed by atoms with van der Waals surface area (Å²) in [6.45, 7) is 6.00. The van der Waals surface area contributed by atoms with Crippen LogP contribution < -0.4 is 10.6 Å². The van der Waals surface area contributed by atoms with Crippen LogP contribution in [0.5, 0.6) is 0 Å². The molecule has 0 amide bonds. The molecular formula is C24H31FN4O2.